The molecule has 0 heterocycles. The maximum absolute atomic E-state index is 10.2. The Morgan fingerprint density at radius 3 is 2.71 bits per heavy atom. The SMILES string of the molecule is Cc1ccc(NNCC(=O)O)c(C)c1. The third-order valence-electron chi connectivity index (χ3n) is 1.84. The summed E-state index contributed by atoms with van der Waals surface area (Å²) in [5, 5.41) is 8.40. The lowest BCUT2D eigenvalue weighted by molar-refractivity contribution is -0.135. The Balaban J connectivity index is 2.55. The quantitative estimate of drug-likeness (QED) is 0.632. The summed E-state index contributed by atoms with van der Waals surface area (Å²) in [6, 6.07) is 5.92. The van der Waals surface area contributed by atoms with Crippen LogP contribution in [0.4, 0.5) is 5.69 Å². The van der Waals surface area contributed by atoms with E-state index in [0.29, 0.717) is 0 Å². The molecule has 0 amide bonds. The Hall–Kier alpha value is -1.55. The van der Waals surface area contributed by atoms with Gasteiger partial charge < -0.3 is 10.5 Å². The molecule has 14 heavy (non-hydrogen) atoms. The number of carboxylic acid groups (broad SMARTS) is 1. The minimum Gasteiger partial charge on any atom is -0.480 e. The summed E-state index contributed by atoms with van der Waals surface area (Å²) >= 11 is 0. The van der Waals surface area contributed by atoms with E-state index in [-0.39, 0.29) is 6.54 Å². The monoisotopic (exact) mass is 194 g/mol. The zero-order valence-electron chi connectivity index (χ0n) is 8.29. The van der Waals surface area contributed by atoms with Gasteiger partial charge in [-0.25, -0.2) is 5.43 Å². The van der Waals surface area contributed by atoms with E-state index in [0.717, 1.165) is 11.3 Å². The summed E-state index contributed by atoms with van der Waals surface area (Å²) in [6.07, 6.45) is 0. The fourth-order valence-electron chi connectivity index (χ4n) is 1.17. The Kier molecular flexibility index (Phi) is 3.48. The van der Waals surface area contributed by atoms with E-state index in [1.165, 1.54) is 5.56 Å². The van der Waals surface area contributed by atoms with Gasteiger partial charge in [-0.15, -0.1) is 0 Å². The number of aryl methyl sites for hydroxylation is 2. The maximum atomic E-state index is 10.2. The van der Waals surface area contributed by atoms with Crippen molar-refractivity contribution in [2.75, 3.05) is 12.0 Å². The molecule has 0 atom stereocenters. The molecule has 0 unspecified atom stereocenters. The number of aliphatic carboxylic acids is 1. The van der Waals surface area contributed by atoms with Crippen LogP contribution in [-0.2, 0) is 4.79 Å². The van der Waals surface area contributed by atoms with E-state index in [1.807, 2.05) is 32.0 Å². The number of carboxylic acids is 1. The smallest absolute Gasteiger partial charge is 0.319 e. The van der Waals surface area contributed by atoms with Crippen LogP contribution in [0.3, 0.4) is 0 Å². The number of rotatable bonds is 4. The molecule has 0 aliphatic rings. The summed E-state index contributed by atoms with van der Waals surface area (Å²) in [7, 11) is 0. The number of hydrogen-bond donors (Lipinski definition) is 3. The Morgan fingerprint density at radius 1 is 1.43 bits per heavy atom. The van der Waals surface area contributed by atoms with Crippen LogP contribution in [0.5, 0.6) is 0 Å². The van der Waals surface area contributed by atoms with Gasteiger partial charge in [0.05, 0.1) is 5.69 Å². The summed E-state index contributed by atoms with van der Waals surface area (Å²) in [4.78, 5) is 10.2. The first-order chi connectivity index (χ1) is 6.59. The van der Waals surface area contributed by atoms with Gasteiger partial charge in [0, 0.05) is 0 Å². The van der Waals surface area contributed by atoms with Gasteiger partial charge >= 0.3 is 5.97 Å². The van der Waals surface area contributed by atoms with Crippen LogP contribution in [0.25, 0.3) is 0 Å². The number of benzene rings is 1. The van der Waals surface area contributed by atoms with Crippen molar-refractivity contribution in [3.05, 3.63) is 29.3 Å². The van der Waals surface area contributed by atoms with Crippen LogP contribution in [0.1, 0.15) is 11.1 Å². The predicted molar refractivity (Wildman–Crippen MR) is 55.2 cm³/mol. The van der Waals surface area contributed by atoms with Crippen LogP contribution in [0.15, 0.2) is 18.2 Å². The molecule has 1 aromatic rings. The maximum Gasteiger partial charge on any atom is 0.319 e. The van der Waals surface area contributed by atoms with E-state index in [9.17, 15) is 4.79 Å². The number of hydrogen-bond acceptors (Lipinski definition) is 3. The lowest BCUT2D eigenvalue weighted by atomic mass is 10.1. The van der Waals surface area contributed by atoms with E-state index in [1.54, 1.807) is 0 Å². The normalized spacial score (nSPS) is 9.86. The molecule has 0 saturated carbocycles. The van der Waals surface area contributed by atoms with Crippen molar-refractivity contribution in [1.29, 1.82) is 0 Å². The summed E-state index contributed by atoms with van der Waals surface area (Å²) in [5.41, 5.74) is 8.62. The highest BCUT2D eigenvalue weighted by molar-refractivity contribution is 5.69. The molecule has 4 nitrogen and oxygen atoms in total. The first-order valence-corrected chi connectivity index (χ1v) is 4.37. The van der Waals surface area contributed by atoms with Crippen molar-refractivity contribution in [1.82, 2.24) is 5.43 Å². The number of anilines is 1. The van der Waals surface area contributed by atoms with Crippen LogP contribution in [0, 0.1) is 13.8 Å². The molecule has 0 aliphatic heterocycles. The standard InChI is InChI=1S/C10H14N2O2/c1-7-3-4-9(8(2)5-7)12-11-6-10(13)14/h3-5,11-12H,6H2,1-2H3,(H,13,14). The molecule has 0 spiro atoms. The highest BCUT2D eigenvalue weighted by Gasteiger charge is 1.98. The van der Waals surface area contributed by atoms with Gasteiger partial charge in [-0.1, -0.05) is 17.7 Å². The highest BCUT2D eigenvalue weighted by Crippen LogP contribution is 2.14. The van der Waals surface area contributed by atoms with Crippen molar-refractivity contribution in [3.63, 3.8) is 0 Å². The van der Waals surface area contributed by atoms with Crippen molar-refractivity contribution in [3.8, 4) is 0 Å². The Labute approximate surface area is 82.9 Å². The lowest BCUT2D eigenvalue weighted by Gasteiger charge is -2.09. The van der Waals surface area contributed by atoms with Crippen molar-refractivity contribution in [2.45, 2.75) is 13.8 Å². The molecule has 0 bridgehead atoms. The highest BCUT2D eigenvalue weighted by atomic mass is 16.4. The zero-order valence-corrected chi connectivity index (χ0v) is 8.29. The number of nitrogens with one attached hydrogen (secondary N) is 2. The van der Waals surface area contributed by atoms with Gasteiger partial charge in [-0.05, 0) is 25.5 Å². The Morgan fingerprint density at radius 2 is 2.14 bits per heavy atom. The van der Waals surface area contributed by atoms with E-state index >= 15 is 0 Å². The molecule has 0 saturated heterocycles. The summed E-state index contributed by atoms with van der Waals surface area (Å²) in [6.45, 7) is 3.88. The average Bonchev–Trinajstić information content (AvgIpc) is 2.08. The fraction of sp³-hybridized carbons (Fsp3) is 0.300. The van der Waals surface area contributed by atoms with Crippen molar-refractivity contribution in [2.24, 2.45) is 0 Å². The first-order valence-electron chi connectivity index (χ1n) is 4.37. The fourth-order valence-corrected chi connectivity index (χ4v) is 1.17. The van der Waals surface area contributed by atoms with E-state index < -0.39 is 5.97 Å². The minimum absolute atomic E-state index is 0.104. The van der Waals surface area contributed by atoms with Gasteiger partial charge in [0.2, 0.25) is 0 Å². The predicted octanol–water partition coefficient (Wildman–Crippen LogP) is 1.30. The average molecular weight is 194 g/mol. The minimum atomic E-state index is -0.887. The molecule has 3 N–H and O–H groups in total. The van der Waals surface area contributed by atoms with Gasteiger partial charge in [0.15, 0.2) is 0 Å². The molecule has 0 aliphatic carbocycles. The van der Waals surface area contributed by atoms with Crippen LogP contribution in [0.2, 0.25) is 0 Å². The molecule has 76 valence electrons. The largest absolute Gasteiger partial charge is 0.480 e. The summed E-state index contributed by atoms with van der Waals surface area (Å²) < 4.78 is 0. The Bertz CT molecular complexity index is 337. The second-order valence-corrected chi connectivity index (χ2v) is 3.19. The van der Waals surface area contributed by atoms with Gasteiger partial charge in [0.1, 0.15) is 6.54 Å². The molecule has 1 aromatic carbocycles. The third-order valence-corrected chi connectivity index (χ3v) is 1.84. The van der Waals surface area contributed by atoms with Crippen LogP contribution in [-0.4, -0.2) is 17.6 Å². The van der Waals surface area contributed by atoms with Crippen molar-refractivity contribution >= 4 is 11.7 Å². The molecule has 0 radical (unpaired) electrons. The van der Waals surface area contributed by atoms with Crippen LogP contribution < -0.4 is 10.9 Å². The molecule has 1 rings (SSSR count). The molecular formula is C10H14N2O2. The van der Waals surface area contributed by atoms with Gasteiger partial charge in [-0.3, -0.25) is 4.79 Å². The van der Waals surface area contributed by atoms with E-state index in [4.69, 9.17) is 5.11 Å². The first kappa shape index (κ1) is 10.5. The lowest BCUT2D eigenvalue weighted by Crippen LogP contribution is -2.28. The number of hydrazine groups is 1. The van der Waals surface area contributed by atoms with Gasteiger partial charge in [-0.2, -0.15) is 0 Å². The molecular weight excluding hydrogens is 180 g/mol. The molecule has 4 heteroatoms. The van der Waals surface area contributed by atoms with Crippen LogP contribution >= 0.6 is 0 Å². The van der Waals surface area contributed by atoms with Gasteiger partial charge in [0.25, 0.3) is 0 Å². The summed E-state index contributed by atoms with van der Waals surface area (Å²) in [5.74, 6) is -0.887. The second kappa shape index (κ2) is 4.62. The molecule has 0 aromatic heterocycles. The van der Waals surface area contributed by atoms with Crippen molar-refractivity contribution < 1.29 is 9.90 Å². The van der Waals surface area contributed by atoms with E-state index in [2.05, 4.69) is 10.9 Å². The molecule has 0 fully saturated rings. The second-order valence-electron chi connectivity index (χ2n) is 3.19. The zero-order chi connectivity index (χ0) is 10.6. The third kappa shape index (κ3) is 3.06. The topological polar surface area (TPSA) is 61.4 Å². The number of carbonyl (C=O) groups is 1.